The van der Waals surface area contributed by atoms with Crippen LogP contribution in [0.2, 0.25) is 5.02 Å². The molecule has 1 aliphatic carbocycles. The van der Waals surface area contributed by atoms with E-state index in [1.54, 1.807) is 18.4 Å². The molecule has 2 aromatic heterocycles. The number of halogens is 1. The van der Waals surface area contributed by atoms with Crippen LogP contribution < -0.4 is 4.74 Å². The molecular formula is C25H20ClN3OS. The van der Waals surface area contributed by atoms with Gasteiger partial charge in [0.15, 0.2) is 4.96 Å². The number of hydrogen-bond acceptors (Lipinski definition) is 4. The fraction of sp³-hybridized carbons (Fsp3) is 0.200. The molecule has 2 aromatic carbocycles. The molecule has 4 aromatic rings. The lowest BCUT2D eigenvalue weighted by Crippen LogP contribution is -2.04. The molecule has 154 valence electrons. The number of methoxy groups -OCH3 is 1. The third-order valence-corrected chi connectivity index (χ3v) is 7.05. The molecule has 0 bridgehead atoms. The summed E-state index contributed by atoms with van der Waals surface area (Å²) >= 11 is 7.88. The third kappa shape index (κ3) is 3.63. The van der Waals surface area contributed by atoms with Gasteiger partial charge >= 0.3 is 0 Å². The molecule has 0 fully saturated rings. The van der Waals surface area contributed by atoms with Crippen molar-refractivity contribution < 1.29 is 4.74 Å². The number of thiazole rings is 1. The van der Waals surface area contributed by atoms with Crippen LogP contribution in [0.1, 0.15) is 34.7 Å². The van der Waals surface area contributed by atoms with Crippen molar-refractivity contribution in [3.63, 3.8) is 0 Å². The lowest BCUT2D eigenvalue weighted by molar-refractivity contribution is 0.414. The van der Waals surface area contributed by atoms with Gasteiger partial charge in [0.25, 0.3) is 0 Å². The van der Waals surface area contributed by atoms with Crippen molar-refractivity contribution >= 4 is 39.5 Å². The standard InChI is InChI=1S/C25H20ClN3OS/c1-30-20-6-4-5-17(13-20)18(15-27)14-22-24(16-9-11-19(26)12-10-16)28-25-29(22)21-7-2-3-8-23(21)31-25/h4-6,9-14H,2-3,7-8H2,1H3. The first-order valence-electron chi connectivity index (χ1n) is 10.2. The predicted molar refractivity (Wildman–Crippen MR) is 127 cm³/mol. The molecule has 6 heteroatoms. The van der Waals surface area contributed by atoms with E-state index < -0.39 is 0 Å². The Balaban J connectivity index is 1.75. The molecule has 0 amide bonds. The van der Waals surface area contributed by atoms with Crippen molar-refractivity contribution in [2.45, 2.75) is 25.7 Å². The predicted octanol–water partition coefficient (Wildman–Crippen LogP) is 6.67. The van der Waals surface area contributed by atoms with Gasteiger partial charge in [0, 0.05) is 21.2 Å². The number of hydrogen-bond donors (Lipinski definition) is 0. The van der Waals surface area contributed by atoms with Crippen LogP contribution in [-0.2, 0) is 12.8 Å². The van der Waals surface area contributed by atoms with Gasteiger partial charge in [-0.25, -0.2) is 4.98 Å². The van der Waals surface area contributed by atoms with Gasteiger partial charge in [0.1, 0.15) is 5.75 Å². The third-order valence-electron chi connectivity index (χ3n) is 5.66. The quantitative estimate of drug-likeness (QED) is 0.329. The smallest absolute Gasteiger partial charge is 0.195 e. The van der Waals surface area contributed by atoms with E-state index in [2.05, 4.69) is 10.5 Å². The Morgan fingerprint density at radius 2 is 2.00 bits per heavy atom. The summed E-state index contributed by atoms with van der Waals surface area (Å²) in [5.74, 6) is 0.725. The Morgan fingerprint density at radius 1 is 1.19 bits per heavy atom. The number of allylic oxidation sites excluding steroid dienone is 1. The molecule has 0 radical (unpaired) electrons. The zero-order valence-corrected chi connectivity index (χ0v) is 18.6. The van der Waals surface area contributed by atoms with Crippen LogP contribution in [0, 0.1) is 11.3 Å². The number of rotatable bonds is 4. The zero-order valence-electron chi connectivity index (χ0n) is 17.1. The SMILES string of the molecule is COc1cccc(C(C#N)=Cc2c(-c3ccc(Cl)cc3)nc3sc4c(n23)CCCC4)c1. The number of nitrogens with zero attached hydrogens (tertiary/aromatic N) is 3. The summed E-state index contributed by atoms with van der Waals surface area (Å²) in [4.78, 5) is 7.38. The highest BCUT2D eigenvalue weighted by atomic mass is 35.5. The number of nitriles is 1. The summed E-state index contributed by atoms with van der Waals surface area (Å²) in [6.07, 6.45) is 6.49. The first-order valence-corrected chi connectivity index (χ1v) is 11.4. The van der Waals surface area contributed by atoms with E-state index >= 15 is 0 Å². The molecule has 1 aliphatic rings. The maximum atomic E-state index is 10.00. The second kappa shape index (κ2) is 8.22. The number of ether oxygens (including phenoxy) is 1. The zero-order chi connectivity index (χ0) is 21.4. The van der Waals surface area contributed by atoms with Gasteiger partial charge in [-0.2, -0.15) is 5.26 Å². The molecule has 0 saturated heterocycles. The molecule has 0 atom stereocenters. The Labute approximate surface area is 190 Å². The van der Waals surface area contributed by atoms with E-state index in [0.29, 0.717) is 10.6 Å². The van der Waals surface area contributed by atoms with Gasteiger partial charge in [-0.05, 0) is 61.6 Å². The van der Waals surface area contributed by atoms with Gasteiger partial charge in [0.2, 0.25) is 0 Å². The number of benzene rings is 2. The Hall–Kier alpha value is -3.07. The second-order valence-corrected chi connectivity index (χ2v) is 9.05. The molecule has 0 saturated carbocycles. The molecule has 2 heterocycles. The Morgan fingerprint density at radius 3 is 2.77 bits per heavy atom. The summed E-state index contributed by atoms with van der Waals surface area (Å²) < 4.78 is 7.61. The van der Waals surface area contributed by atoms with Gasteiger partial charge in [-0.3, -0.25) is 4.40 Å². The van der Waals surface area contributed by atoms with Crippen LogP contribution in [0.3, 0.4) is 0 Å². The molecule has 0 unspecified atom stereocenters. The summed E-state index contributed by atoms with van der Waals surface area (Å²) in [5, 5.41) is 10.7. The highest BCUT2D eigenvalue weighted by molar-refractivity contribution is 7.17. The highest BCUT2D eigenvalue weighted by Crippen LogP contribution is 2.37. The molecule has 5 rings (SSSR count). The van der Waals surface area contributed by atoms with E-state index in [1.165, 1.54) is 23.4 Å². The minimum atomic E-state index is 0.576. The molecule has 0 N–H and O–H groups in total. The molecule has 31 heavy (non-hydrogen) atoms. The first-order chi connectivity index (χ1) is 15.2. The summed E-state index contributed by atoms with van der Waals surface area (Å²) in [5.41, 5.74) is 5.52. The average Bonchev–Trinajstić information content (AvgIpc) is 3.34. The normalized spacial score (nSPS) is 13.8. The Kier molecular flexibility index (Phi) is 5.27. The topological polar surface area (TPSA) is 50.3 Å². The fourth-order valence-corrected chi connectivity index (χ4v) is 5.46. The minimum absolute atomic E-state index is 0.576. The molecule has 0 spiro atoms. The minimum Gasteiger partial charge on any atom is -0.497 e. The van der Waals surface area contributed by atoms with Crippen molar-refractivity contribution in [2.75, 3.05) is 7.11 Å². The summed E-state index contributed by atoms with van der Waals surface area (Å²) in [7, 11) is 1.63. The van der Waals surface area contributed by atoms with Gasteiger partial charge in [-0.15, -0.1) is 11.3 Å². The van der Waals surface area contributed by atoms with Crippen molar-refractivity contribution in [2.24, 2.45) is 0 Å². The summed E-state index contributed by atoms with van der Waals surface area (Å²) in [6, 6.07) is 17.7. The monoisotopic (exact) mass is 445 g/mol. The van der Waals surface area contributed by atoms with Crippen LogP contribution in [0.4, 0.5) is 0 Å². The van der Waals surface area contributed by atoms with Crippen LogP contribution in [0.25, 0.3) is 27.9 Å². The maximum Gasteiger partial charge on any atom is 0.195 e. The molecule has 4 nitrogen and oxygen atoms in total. The van der Waals surface area contributed by atoms with Crippen LogP contribution in [-0.4, -0.2) is 16.5 Å². The van der Waals surface area contributed by atoms with Crippen LogP contribution in [0.15, 0.2) is 48.5 Å². The number of fused-ring (bicyclic) bond motifs is 3. The van der Waals surface area contributed by atoms with Gasteiger partial charge < -0.3 is 4.74 Å². The fourth-order valence-electron chi connectivity index (χ4n) is 4.12. The van der Waals surface area contributed by atoms with E-state index in [0.717, 1.165) is 46.1 Å². The van der Waals surface area contributed by atoms with E-state index in [-0.39, 0.29) is 0 Å². The summed E-state index contributed by atoms with van der Waals surface area (Å²) in [6.45, 7) is 0. The van der Waals surface area contributed by atoms with E-state index in [4.69, 9.17) is 21.3 Å². The van der Waals surface area contributed by atoms with Crippen molar-refractivity contribution in [3.05, 3.63) is 75.4 Å². The van der Waals surface area contributed by atoms with Crippen LogP contribution >= 0.6 is 22.9 Å². The largest absolute Gasteiger partial charge is 0.497 e. The number of imidazole rings is 1. The van der Waals surface area contributed by atoms with E-state index in [9.17, 15) is 5.26 Å². The number of aryl methyl sites for hydroxylation is 2. The highest BCUT2D eigenvalue weighted by Gasteiger charge is 2.23. The second-order valence-electron chi connectivity index (χ2n) is 7.55. The van der Waals surface area contributed by atoms with Crippen molar-refractivity contribution in [1.82, 2.24) is 9.38 Å². The Bertz CT molecular complexity index is 1340. The first kappa shape index (κ1) is 19.9. The number of aromatic nitrogens is 2. The molecular weight excluding hydrogens is 426 g/mol. The van der Waals surface area contributed by atoms with Crippen LogP contribution in [0.5, 0.6) is 5.75 Å². The van der Waals surface area contributed by atoms with Gasteiger partial charge in [0.05, 0.1) is 30.1 Å². The maximum absolute atomic E-state index is 10.00. The van der Waals surface area contributed by atoms with Gasteiger partial charge in [-0.1, -0.05) is 35.9 Å². The van der Waals surface area contributed by atoms with E-state index in [1.807, 2.05) is 54.6 Å². The lowest BCUT2D eigenvalue weighted by Gasteiger charge is -2.12. The molecule has 0 aliphatic heterocycles. The average molecular weight is 446 g/mol. The van der Waals surface area contributed by atoms with Crippen molar-refractivity contribution in [1.29, 1.82) is 5.26 Å². The van der Waals surface area contributed by atoms with Crippen molar-refractivity contribution in [3.8, 4) is 23.1 Å². The lowest BCUT2D eigenvalue weighted by atomic mass is 10.0.